The smallest absolute Gasteiger partial charge is 0.0255 e. The molecule has 2 atom stereocenters. The molecule has 0 radical (unpaired) electrons. The van der Waals surface area contributed by atoms with Gasteiger partial charge in [-0.15, -0.1) is 0 Å². The number of hydrogen-bond acceptors (Lipinski definition) is 3. The predicted molar refractivity (Wildman–Crippen MR) is 73.7 cm³/mol. The normalized spacial score (nSPS) is 43.8. The van der Waals surface area contributed by atoms with Crippen molar-refractivity contribution in [3.05, 3.63) is 0 Å². The summed E-state index contributed by atoms with van der Waals surface area (Å²) in [5.41, 5.74) is 0. The van der Waals surface area contributed by atoms with E-state index < -0.39 is 0 Å². The van der Waals surface area contributed by atoms with Gasteiger partial charge in [-0.1, -0.05) is 0 Å². The molecule has 0 aromatic carbocycles. The number of piperidine rings is 3. The predicted octanol–water partition coefficient (Wildman–Crippen LogP) is 1.30. The summed E-state index contributed by atoms with van der Waals surface area (Å²) in [4.78, 5) is 5.63. The molecular weight excluding hydrogens is 222 g/mol. The van der Waals surface area contributed by atoms with E-state index in [-0.39, 0.29) is 0 Å². The van der Waals surface area contributed by atoms with Crippen molar-refractivity contribution in [2.45, 2.75) is 56.7 Å². The molecule has 102 valence electrons. The van der Waals surface area contributed by atoms with Gasteiger partial charge in [-0.3, -0.25) is 4.90 Å². The van der Waals surface area contributed by atoms with E-state index in [0.717, 1.165) is 24.0 Å². The van der Waals surface area contributed by atoms with E-state index in [1.165, 1.54) is 71.2 Å². The monoisotopic (exact) mass is 249 g/mol. The van der Waals surface area contributed by atoms with E-state index in [1.807, 2.05) is 0 Å². The van der Waals surface area contributed by atoms with E-state index in [4.69, 9.17) is 0 Å². The zero-order chi connectivity index (χ0) is 11.9. The van der Waals surface area contributed by atoms with Crippen LogP contribution in [-0.2, 0) is 0 Å². The molecule has 4 heterocycles. The Morgan fingerprint density at radius 1 is 1.06 bits per heavy atom. The van der Waals surface area contributed by atoms with Crippen molar-refractivity contribution in [3.63, 3.8) is 0 Å². The van der Waals surface area contributed by atoms with Gasteiger partial charge in [-0.05, 0) is 64.1 Å². The lowest BCUT2D eigenvalue weighted by atomic mass is 9.83. The summed E-state index contributed by atoms with van der Waals surface area (Å²) in [6.07, 6.45) is 8.66. The molecule has 0 spiro atoms. The molecule has 5 aliphatic rings. The first-order valence-electron chi connectivity index (χ1n) is 8.11. The van der Waals surface area contributed by atoms with Gasteiger partial charge in [0.25, 0.3) is 0 Å². The molecule has 1 aliphatic carbocycles. The lowest BCUT2D eigenvalue weighted by Gasteiger charge is -2.50. The summed E-state index contributed by atoms with van der Waals surface area (Å²) >= 11 is 0. The van der Waals surface area contributed by atoms with E-state index in [0.29, 0.717) is 0 Å². The number of fused-ring (bicyclic) bond motifs is 3. The highest BCUT2D eigenvalue weighted by Gasteiger charge is 2.43. The van der Waals surface area contributed by atoms with Crippen molar-refractivity contribution in [2.24, 2.45) is 5.92 Å². The second-order valence-electron chi connectivity index (χ2n) is 6.93. The van der Waals surface area contributed by atoms with Gasteiger partial charge in [0.05, 0.1) is 0 Å². The van der Waals surface area contributed by atoms with Crippen LogP contribution in [0.2, 0.25) is 0 Å². The Balaban J connectivity index is 1.44. The molecule has 2 unspecified atom stereocenters. The Bertz CT molecular complexity index is 288. The van der Waals surface area contributed by atoms with Crippen molar-refractivity contribution in [2.75, 3.05) is 32.7 Å². The van der Waals surface area contributed by atoms with E-state index >= 15 is 0 Å². The van der Waals surface area contributed by atoms with Gasteiger partial charge >= 0.3 is 0 Å². The van der Waals surface area contributed by atoms with E-state index in [2.05, 4.69) is 15.1 Å². The van der Waals surface area contributed by atoms with Crippen molar-refractivity contribution in [3.8, 4) is 0 Å². The number of rotatable bonds is 4. The molecule has 3 nitrogen and oxygen atoms in total. The van der Waals surface area contributed by atoms with Gasteiger partial charge in [0.2, 0.25) is 0 Å². The first-order chi connectivity index (χ1) is 8.90. The third-order valence-corrected chi connectivity index (χ3v) is 5.66. The maximum absolute atomic E-state index is 3.70. The minimum absolute atomic E-state index is 0.793. The third-order valence-electron chi connectivity index (χ3n) is 5.66. The second-order valence-corrected chi connectivity index (χ2v) is 6.93. The molecular formula is C15H27N3. The topological polar surface area (TPSA) is 18.5 Å². The fourth-order valence-corrected chi connectivity index (χ4v) is 4.44. The van der Waals surface area contributed by atoms with Gasteiger partial charge in [-0.2, -0.15) is 0 Å². The summed E-state index contributed by atoms with van der Waals surface area (Å²) in [6, 6.07) is 2.63. The summed E-state index contributed by atoms with van der Waals surface area (Å²) in [7, 11) is 0. The number of nitrogens with zero attached hydrogens (tertiary/aromatic N) is 2. The summed E-state index contributed by atoms with van der Waals surface area (Å²) in [6.45, 7) is 6.71. The van der Waals surface area contributed by atoms with Gasteiger partial charge in [-0.25, -0.2) is 0 Å². The average molecular weight is 249 g/mol. The molecule has 0 aromatic rings. The van der Waals surface area contributed by atoms with Crippen molar-refractivity contribution < 1.29 is 0 Å². The van der Waals surface area contributed by atoms with Gasteiger partial charge < -0.3 is 10.2 Å². The molecule has 4 saturated heterocycles. The Morgan fingerprint density at radius 2 is 1.89 bits per heavy atom. The van der Waals surface area contributed by atoms with Crippen LogP contribution in [0, 0.1) is 5.92 Å². The molecule has 4 aliphatic heterocycles. The van der Waals surface area contributed by atoms with Crippen LogP contribution in [0.4, 0.5) is 0 Å². The van der Waals surface area contributed by atoms with Crippen LogP contribution in [0.3, 0.4) is 0 Å². The standard InChI is InChI=1S/C15H27N3/c1-2-13(16-7-1)10-18(14-3-4-14)15-11-17-8-5-12(15)6-9-17/h12-16H,1-11H2. The van der Waals surface area contributed by atoms with Gasteiger partial charge in [0, 0.05) is 31.2 Å². The molecule has 18 heavy (non-hydrogen) atoms. The van der Waals surface area contributed by atoms with Crippen LogP contribution in [0.1, 0.15) is 38.5 Å². The zero-order valence-corrected chi connectivity index (χ0v) is 11.5. The SMILES string of the molecule is C1CNC(CN(C2CC2)C2CN3CCC2CC3)C1. The summed E-state index contributed by atoms with van der Waals surface area (Å²) in [5.74, 6) is 1.01. The minimum Gasteiger partial charge on any atom is -0.313 e. The van der Waals surface area contributed by atoms with E-state index in [9.17, 15) is 0 Å². The molecule has 1 N–H and O–H groups in total. The summed E-state index contributed by atoms with van der Waals surface area (Å²) < 4.78 is 0. The van der Waals surface area contributed by atoms with Gasteiger partial charge in [0.15, 0.2) is 0 Å². The molecule has 3 heteroatoms. The largest absolute Gasteiger partial charge is 0.313 e. The van der Waals surface area contributed by atoms with Gasteiger partial charge in [0.1, 0.15) is 0 Å². The lowest BCUT2D eigenvalue weighted by molar-refractivity contribution is -0.00194. The quantitative estimate of drug-likeness (QED) is 0.810. The molecule has 5 rings (SSSR count). The highest BCUT2D eigenvalue weighted by molar-refractivity contribution is 4.99. The van der Waals surface area contributed by atoms with Crippen LogP contribution in [0.15, 0.2) is 0 Å². The van der Waals surface area contributed by atoms with Crippen LogP contribution in [0.25, 0.3) is 0 Å². The first kappa shape index (κ1) is 11.7. The van der Waals surface area contributed by atoms with Crippen LogP contribution in [-0.4, -0.2) is 60.6 Å². The number of hydrogen-bond donors (Lipinski definition) is 1. The average Bonchev–Trinajstić information content (AvgIpc) is 3.14. The fraction of sp³-hybridized carbons (Fsp3) is 1.00. The minimum atomic E-state index is 0.793. The fourth-order valence-electron chi connectivity index (χ4n) is 4.44. The van der Waals surface area contributed by atoms with Crippen molar-refractivity contribution >= 4 is 0 Å². The van der Waals surface area contributed by atoms with Crippen LogP contribution < -0.4 is 5.32 Å². The highest BCUT2D eigenvalue weighted by Crippen LogP contribution is 2.37. The molecule has 0 aromatic heterocycles. The van der Waals surface area contributed by atoms with E-state index in [1.54, 1.807) is 0 Å². The molecule has 0 amide bonds. The third kappa shape index (κ3) is 2.21. The molecule has 2 bridgehead atoms. The first-order valence-corrected chi connectivity index (χ1v) is 8.11. The number of nitrogens with one attached hydrogen (secondary N) is 1. The Hall–Kier alpha value is -0.120. The van der Waals surface area contributed by atoms with Crippen molar-refractivity contribution in [1.82, 2.24) is 15.1 Å². The van der Waals surface area contributed by atoms with Crippen LogP contribution >= 0.6 is 0 Å². The maximum atomic E-state index is 3.70. The molecule has 5 fully saturated rings. The van der Waals surface area contributed by atoms with Crippen molar-refractivity contribution in [1.29, 1.82) is 0 Å². The Morgan fingerprint density at radius 3 is 2.44 bits per heavy atom. The summed E-state index contributed by atoms with van der Waals surface area (Å²) in [5, 5.41) is 3.70. The lowest BCUT2D eigenvalue weighted by Crippen LogP contribution is -2.59. The zero-order valence-electron chi connectivity index (χ0n) is 11.5. The molecule has 1 saturated carbocycles. The highest BCUT2D eigenvalue weighted by atomic mass is 15.3. The second kappa shape index (κ2) is 4.77. The Labute approximate surface area is 111 Å². The maximum Gasteiger partial charge on any atom is 0.0255 e. The van der Waals surface area contributed by atoms with Crippen LogP contribution in [0.5, 0.6) is 0 Å². The Kier molecular flexibility index (Phi) is 3.10.